The van der Waals surface area contributed by atoms with Crippen molar-refractivity contribution in [1.29, 1.82) is 0 Å². The molecule has 0 saturated carbocycles. The smallest absolute Gasteiger partial charge is 0.232 e. The lowest BCUT2D eigenvalue weighted by Gasteiger charge is -2.24. The molecule has 1 saturated heterocycles. The summed E-state index contributed by atoms with van der Waals surface area (Å²) in [5.74, 6) is -0.180. The Morgan fingerprint density at radius 3 is 2.63 bits per heavy atom. The molecule has 2 unspecified atom stereocenters. The minimum atomic E-state index is -3.51. The minimum Gasteiger partial charge on any atom is -0.340 e. The number of carbonyl (C=O) groups excluding carboxylic acids is 1. The fourth-order valence-corrected chi connectivity index (χ4v) is 3.97. The van der Waals surface area contributed by atoms with Crippen LogP contribution in [-0.2, 0) is 13.8 Å². The van der Waals surface area contributed by atoms with Crippen molar-refractivity contribution in [3.8, 4) is 0 Å². The molecule has 0 bridgehead atoms. The molecule has 6 heteroatoms. The first-order valence-corrected chi connectivity index (χ1v) is 9.53. The number of hydrogen-bond acceptors (Lipinski definition) is 3. The van der Waals surface area contributed by atoms with Gasteiger partial charge in [-0.1, -0.05) is 32.6 Å². The molecule has 1 fully saturated rings. The lowest BCUT2D eigenvalue weighted by Crippen LogP contribution is -2.34. The molecule has 0 radical (unpaired) electrons. The fourth-order valence-electron chi connectivity index (χ4n) is 2.65. The number of amides is 1. The van der Waals surface area contributed by atoms with E-state index in [4.69, 9.17) is 10.7 Å². The number of nitrogens with zero attached hydrogens (tertiary/aromatic N) is 1. The molecule has 0 spiro atoms. The zero-order valence-electron chi connectivity index (χ0n) is 11.8. The van der Waals surface area contributed by atoms with E-state index in [9.17, 15) is 13.2 Å². The molecular weight excluding hydrogens is 286 g/mol. The molecule has 0 N–H and O–H groups in total. The van der Waals surface area contributed by atoms with E-state index in [2.05, 4.69) is 6.92 Å². The summed E-state index contributed by atoms with van der Waals surface area (Å²) in [5, 5.41) is 0. The predicted octanol–water partition coefficient (Wildman–Crippen LogP) is 2.76. The van der Waals surface area contributed by atoms with Crippen LogP contribution in [0, 0.1) is 5.92 Å². The Labute approximate surface area is 120 Å². The van der Waals surface area contributed by atoms with Crippen LogP contribution in [0.15, 0.2) is 0 Å². The maximum absolute atomic E-state index is 11.9. The van der Waals surface area contributed by atoms with Crippen molar-refractivity contribution in [3.05, 3.63) is 0 Å². The second kappa shape index (κ2) is 7.48. The molecule has 1 amide bonds. The highest BCUT2D eigenvalue weighted by molar-refractivity contribution is 8.13. The fraction of sp³-hybridized carbons (Fsp3) is 0.923. The van der Waals surface area contributed by atoms with Crippen LogP contribution in [0.4, 0.5) is 0 Å². The molecule has 1 rings (SSSR count). The summed E-state index contributed by atoms with van der Waals surface area (Å²) in [4.78, 5) is 13.7. The van der Waals surface area contributed by atoms with E-state index >= 15 is 0 Å². The third kappa shape index (κ3) is 6.13. The Balaban J connectivity index is 2.40. The minimum absolute atomic E-state index is 0.0632. The van der Waals surface area contributed by atoms with Crippen LogP contribution in [0.3, 0.4) is 0 Å². The van der Waals surface area contributed by atoms with Crippen LogP contribution >= 0.6 is 10.7 Å². The molecule has 2 atom stereocenters. The van der Waals surface area contributed by atoms with Gasteiger partial charge in [-0.15, -0.1) is 0 Å². The molecule has 0 aromatic carbocycles. The lowest BCUT2D eigenvalue weighted by molar-refractivity contribution is -0.129. The monoisotopic (exact) mass is 309 g/mol. The maximum Gasteiger partial charge on any atom is 0.232 e. The lowest BCUT2D eigenvalue weighted by atomic mass is 10.1. The van der Waals surface area contributed by atoms with Crippen molar-refractivity contribution in [3.63, 3.8) is 0 Å². The van der Waals surface area contributed by atoms with Gasteiger partial charge in [0.2, 0.25) is 15.0 Å². The van der Waals surface area contributed by atoms with E-state index in [0.29, 0.717) is 13.0 Å². The first-order chi connectivity index (χ1) is 8.83. The molecule has 112 valence electrons. The van der Waals surface area contributed by atoms with Crippen molar-refractivity contribution < 1.29 is 13.2 Å². The Hall–Kier alpha value is -0.290. The highest BCUT2D eigenvalue weighted by Gasteiger charge is 2.34. The second-order valence-electron chi connectivity index (χ2n) is 5.52. The third-order valence-corrected chi connectivity index (χ3v) is 4.93. The zero-order chi connectivity index (χ0) is 14.5. The van der Waals surface area contributed by atoms with Crippen LogP contribution in [0.5, 0.6) is 0 Å². The van der Waals surface area contributed by atoms with Gasteiger partial charge in [-0.3, -0.25) is 4.79 Å². The number of halogens is 1. The van der Waals surface area contributed by atoms with Gasteiger partial charge < -0.3 is 4.90 Å². The Morgan fingerprint density at radius 2 is 2.05 bits per heavy atom. The summed E-state index contributed by atoms with van der Waals surface area (Å²) in [5.41, 5.74) is 0. The molecule has 1 heterocycles. The largest absolute Gasteiger partial charge is 0.340 e. The maximum atomic E-state index is 11.9. The molecule has 19 heavy (non-hydrogen) atoms. The van der Waals surface area contributed by atoms with Crippen LogP contribution in [0.2, 0.25) is 0 Å². The summed E-state index contributed by atoms with van der Waals surface area (Å²) in [6.07, 6.45) is 6.05. The molecule has 0 aliphatic carbocycles. The Bertz CT molecular complexity index is 397. The molecule has 4 nitrogen and oxygen atoms in total. The van der Waals surface area contributed by atoms with E-state index < -0.39 is 9.05 Å². The normalized spacial score (nSPS) is 21.9. The van der Waals surface area contributed by atoms with Crippen LogP contribution in [0.25, 0.3) is 0 Å². The van der Waals surface area contributed by atoms with Gasteiger partial charge in [0.1, 0.15) is 0 Å². The number of likely N-dealkylation sites (tertiary alicyclic amines) is 1. The molecule has 1 aliphatic rings. The van der Waals surface area contributed by atoms with Crippen molar-refractivity contribution >= 4 is 25.6 Å². The van der Waals surface area contributed by atoms with Crippen molar-refractivity contribution in [2.24, 2.45) is 5.92 Å². The quantitative estimate of drug-likeness (QED) is 0.512. The van der Waals surface area contributed by atoms with Gasteiger partial charge in [0.25, 0.3) is 0 Å². The van der Waals surface area contributed by atoms with Gasteiger partial charge in [-0.25, -0.2) is 8.42 Å². The number of hydrogen-bond donors (Lipinski definition) is 0. The van der Waals surface area contributed by atoms with E-state index in [1.54, 1.807) is 0 Å². The van der Waals surface area contributed by atoms with Gasteiger partial charge in [0, 0.05) is 35.6 Å². The molecule has 0 aromatic heterocycles. The zero-order valence-corrected chi connectivity index (χ0v) is 13.3. The van der Waals surface area contributed by atoms with Gasteiger partial charge in [-0.2, -0.15) is 0 Å². The first kappa shape index (κ1) is 16.8. The number of rotatable bonds is 8. The van der Waals surface area contributed by atoms with Crippen LogP contribution in [-0.4, -0.2) is 37.6 Å². The molecule has 0 aromatic rings. The van der Waals surface area contributed by atoms with Gasteiger partial charge >= 0.3 is 0 Å². The van der Waals surface area contributed by atoms with Crippen molar-refractivity contribution in [1.82, 2.24) is 4.90 Å². The highest BCUT2D eigenvalue weighted by atomic mass is 35.7. The van der Waals surface area contributed by atoms with E-state index in [-0.39, 0.29) is 23.6 Å². The Kier molecular flexibility index (Phi) is 6.60. The Morgan fingerprint density at radius 1 is 1.37 bits per heavy atom. The average Bonchev–Trinajstić information content (AvgIpc) is 2.63. The first-order valence-electron chi connectivity index (χ1n) is 7.05. The third-order valence-electron chi connectivity index (χ3n) is 3.68. The van der Waals surface area contributed by atoms with Gasteiger partial charge in [0.15, 0.2) is 0 Å². The number of unbranched alkanes of at least 4 members (excludes halogenated alkanes) is 3. The van der Waals surface area contributed by atoms with E-state index in [1.165, 1.54) is 19.3 Å². The van der Waals surface area contributed by atoms with Gasteiger partial charge in [0.05, 0.1) is 5.75 Å². The average molecular weight is 310 g/mol. The summed E-state index contributed by atoms with van der Waals surface area (Å²) in [7, 11) is 1.74. The standard InChI is InChI=1S/C13H24ClNO3S/c1-3-4-5-6-7-11(2)15-9-12(8-13(15)16)10-19(14,17)18/h11-12H,3-10H2,1-2H3. The van der Waals surface area contributed by atoms with Crippen molar-refractivity contribution in [2.75, 3.05) is 12.3 Å². The summed E-state index contributed by atoms with van der Waals surface area (Å²) >= 11 is 0. The van der Waals surface area contributed by atoms with Gasteiger partial charge in [-0.05, 0) is 13.3 Å². The molecular formula is C13H24ClNO3S. The van der Waals surface area contributed by atoms with Crippen LogP contribution in [0.1, 0.15) is 52.4 Å². The summed E-state index contributed by atoms with van der Waals surface area (Å²) in [6, 6.07) is 0.201. The second-order valence-corrected chi connectivity index (χ2v) is 8.34. The topological polar surface area (TPSA) is 54.5 Å². The molecule has 1 aliphatic heterocycles. The predicted molar refractivity (Wildman–Crippen MR) is 77.7 cm³/mol. The SMILES string of the molecule is CCCCCCC(C)N1CC(CS(=O)(=O)Cl)CC1=O. The summed E-state index contributed by atoms with van der Waals surface area (Å²) in [6.45, 7) is 4.74. The van der Waals surface area contributed by atoms with E-state index in [0.717, 1.165) is 12.8 Å². The van der Waals surface area contributed by atoms with E-state index in [1.807, 2.05) is 11.8 Å². The van der Waals surface area contributed by atoms with Crippen LogP contribution < -0.4 is 0 Å². The summed E-state index contributed by atoms with van der Waals surface area (Å²) < 4.78 is 22.1. The highest BCUT2D eigenvalue weighted by Crippen LogP contribution is 2.24. The van der Waals surface area contributed by atoms with Crippen molar-refractivity contribution in [2.45, 2.75) is 58.4 Å². The number of carbonyl (C=O) groups is 1.